The van der Waals surface area contributed by atoms with Crippen LogP contribution in [0.25, 0.3) is 0 Å². The van der Waals surface area contributed by atoms with Crippen molar-refractivity contribution in [3.05, 3.63) is 48.6 Å². The average molecular weight is 673 g/mol. The Labute approximate surface area is 279 Å². The number of carbonyl (C=O) groups is 1. The first-order chi connectivity index (χ1) is 22.3. The van der Waals surface area contributed by atoms with E-state index in [1.54, 1.807) is 0 Å². The fraction of sp³-hybridized carbons (Fsp3) is 0.750. The number of aliphatic hydroxyl groups excluding tert-OH is 2. The summed E-state index contributed by atoms with van der Waals surface area (Å²) in [6.45, 7) is 3.31. The molecule has 3 N–H and O–H groups in total. The molecule has 10 heteroatoms. The number of aliphatic hydroxyl groups is 2. The van der Waals surface area contributed by atoms with Crippen LogP contribution in [0.15, 0.2) is 48.6 Å². The minimum atomic E-state index is -4.51. The molecule has 0 aromatic rings. The second-order valence-electron chi connectivity index (χ2n) is 11.5. The molecule has 0 amide bonds. The molecule has 0 aromatic heterocycles. The van der Waals surface area contributed by atoms with Crippen LogP contribution in [0.1, 0.15) is 129 Å². The summed E-state index contributed by atoms with van der Waals surface area (Å²) in [5, 5.41) is 18.2. The molecule has 3 unspecified atom stereocenters. The van der Waals surface area contributed by atoms with Gasteiger partial charge in [0.25, 0.3) is 0 Å². The summed E-state index contributed by atoms with van der Waals surface area (Å²) in [6.07, 6.45) is 33.6. The molecule has 0 rings (SSSR count). The smallest absolute Gasteiger partial charge is 0.457 e. The highest BCUT2D eigenvalue weighted by Gasteiger charge is 2.26. The van der Waals surface area contributed by atoms with Gasteiger partial charge in [-0.25, -0.2) is 4.57 Å². The molecule has 0 aromatic carbocycles. The number of ether oxygens (including phenoxy) is 2. The van der Waals surface area contributed by atoms with Crippen molar-refractivity contribution in [3.63, 3.8) is 0 Å². The lowest BCUT2D eigenvalue weighted by atomic mass is 10.1. The van der Waals surface area contributed by atoms with E-state index in [4.69, 9.17) is 23.6 Å². The number of hydrogen-bond acceptors (Lipinski definition) is 8. The molecule has 0 aliphatic carbocycles. The molecule has 0 saturated carbocycles. The van der Waals surface area contributed by atoms with E-state index in [0.29, 0.717) is 13.0 Å². The lowest BCUT2D eigenvalue weighted by molar-refractivity contribution is -0.154. The largest absolute Gasteiger partial charge is 0.472 e. The number of phosphoric acid groups is 1. The molecule has 0 bridgehead atoms. The van der Waals surface area contributed by atoms with Gasteiger partial charge >= 0.3 is 13.8 Å². The predicted molar refractivity (Wildman–Crippen MR) is 187 cm³/mol. The Hall–Kier alpha value is -1.58. The third-order valence-corrected chi connectivity index (χ3v) is 7.98. The van der Waals surface area contributed by atoms with Crippen molar-refractivity contribution >= 4 is 13.8 Å². The van der Waals surface area contributed by atoms with Crippen LogP contribution in [0.3, 0.4) is 0 Å². The second kappa shape index (κ2) is 33.3. The quantitative estimate of drug-likeness (QED) is 0.0271. The lowest BCUT2D eigenvalue weighted by Gasteiger charge is -2.20. The van der Waals surface area contributed by atoms with Crippen LogP contribution in [-0.2, 0) is 27.9 Å². The van der Waals surface area contributed by atoms with E-state index in [2.05, 4.69) is 62.5 Å². The minimum Gasteiger partial charge on any atom is -0.457 e. The third-order valence-electron chi connectivity index (χ3n) is 7.03. The topological polar surface area (TPSA) is 132 Å². The first kappa shape index (κ1) is 44.4. The maximum atomic E-state index is 12.5. The molecule has 0 aliphatic heterocycles. The van der Waals surface area contributed by atoms with Gasteiger partial charge in [0, 0.05) is 13.0 Å². The zero-order chi connectivity index (χ0) is 34.0. The SMILES string of the molecule is CC/C=C\C/C=C\C/C=C\C/C=C\CCCCCCC(=O)OC(COCCCCCCCCCC)COP(=O)(O)OCC(O)CO. The Morgan fingerprint density at radius 2 is 1.24 bits per heavy atom. The van der Waals surface area contributed by atoms with Gasteiger partial charge in [-0.05, 0) is 51.4 Å². The van der Waals surface area contributed by atoms with Gasteiger partial charge in [-0.2, -0.15) is 0 Å². The summed E-state index contributed by atoms with van der Waals surface area (Å²) < 4.78 is 33.0. The molecule has 268 valence electrons. The minimum absolute atomic E-state index is 0.0381. The van der Waals surface area contributed by atoms with Gasteiger partial charge in [0.2, 0.25) is 0 Å². The summed E-state index contributed by atoms with van der Waals surface area (Å²) in [7, 11) is -4.51. The summed E-state index contributed by atoms with van der Waals surface area (Å²) in [5.74, 6) is -0.410. The molecular weight excluding hydrogens is 607 g/mol. The van der Waals surface area contributed by atoms with Gasteiger partial charge in [-0.15, -0.1) is 0 Å². The van der Waals surface area contributed by atoms with Crippen molar-refractivity contribution in [2.24, 2.45) is 0 Å². The van der Waals surface area contributed by atoms with Crippen LogP contribution in [-0.4, -0.2) is 66.3 Å². The molecule has 0 aliphatic rings. The Kier molecular flexibility index (Phi) is 32.2. The number of unbranched alkanes of at least 4 members (excludes halogenated alkanes) is 11. The number of allylic oxidation sites excluding steroid dienone is 8. The zero-order valence-corrected chi connectivity index (χ0v) is 29.7. The van der Waals surface area contributed by atoms with Gasteiger partial charge in [-0.3, -0.25) is 13.8 Å². The number of rotatable bonds is 33. The molecule has 3 atom stereocenters. The van der Waals surface area contributed by atoms with E-state index in [-0.39, 0.29) is 19.6 Å². The van der Waals surface area contributed by atoms with E-state index in [1.165, 1.54) is 32.1 Å². The Morgan fingerprint density at radius 3 is 1.87 bits per heavy atom. The van der Waals surface area contributed by atoms with Crippen molar-refractivity contribution in [3.8, 4) is 0 Å². The maximum Gasteiger partial charge on any atom is 0.472 e. The first-order valence-corrected chi connectivity index (χ1v) is 19.1. The van der Waals surface area contributed by atoms with Crippen LogP contribution in [0, 0.1) is 0 Å². The normalized spacial score (nSPS) is 15.0. The van der Waals surface area contributed by atoms with Crippen molar-refractivity contribution in [2.45, 2.75) is 142 Å². The summed E-state index contributed by atoms with van der Waals surface area (Å²) in [4.78, 5) is 22.4. The Balaban J connectivity index is 4.29. The Bertz CT molecular complexity index is 856. The number of hydrogen-bond donors (Lipinski definition) is 3. The van der Waals surface area contributed by atoms with E-state index in [9.17, 15) is 19.4 Å². The van der Waals surface area contributed by atoms with Crippen LogP contribution in [0.4, 0.5) is 0 Å². The highest BCUT2D eigenvalue weighted by Crippen LogP contribution is 2.43. The highest BCUT2D eigenvalue weighted by atomic mass is 31.2. The molecule has 9 nitrogen and oxygen atoms in total. The molecule has 0 spiro atoms. The Morgan fingerprint density at radius 1 is 0.696 bits per heavy atom. The molecule has 46 heavy (non-hydrogen) atoms. The van der Waals surface area contributed by atoms with Crippen molar-refractivity contribution in [1.82, 2.24) is 0 Å². The van der Waals surface area contributed by atoms with Gasteiger partial charge in [0.05, 0.1) is 26.4 Å². The van der Waals surface area contributed by atoms with E-state index >= 15 is 0 Å². The average Bonchev–Trinajstić information content (AvgIpc) is 3.04. The lowest BCUT2D eigenvalue weighted by Crippen LogP contribution is -2.29. The van der Waals surface area contributed by atoms with E-state index in [1.807, 2.05) is 0 Å². The molecule has 0 heterocycles. The standard InChI is InChI=1S/C36H65O9P/c1-3-5-7-9-11-13-14-15-16-17-18-19-20-21-22-24-26-28-36(39)45-35(33-44-46(40,41)43-31-34(38)30-37)32-42-29-27-25-23-12-10-8-6-4-2/h5,7,11,13,15-16,18-19,34-35,37-38H,3-4,6,8-10,12,14,17,20-33H2,1-2H3,(H,40,41)/b7-5-,13-11-,16-15-,19-18-. The van der Waals surface area contributed by atoms with Crippen molar-refractivity contribution < 1.29 is 43.0 Å². The number of carbonyl (C=O) groups excluding carboxylic acids is 1. The third kappa shape index (κ3) is 32.4. The summed E-state index contributed by atoms with van der Waals surface area (Å²) >= 11 is 0. The second-order valence-corrected chi connectivity index (χ2v) is 13.0. The summed E-state index contributed by atoms with van der Waals surface area (Å²) in [5.41, 5.74) is 0. The van der Waals surface area contributed by atoms with Crippen LogP contribution in [0.2, 0.25) is 0 Å². The van der Waals surface area contributed by atoms with Crippen LogP contribution < -0.4 is 0 Å². The van der Waals surface area contributed by atoms with Crippen LogP contribution in [0.5, 0.6) is 0 Å². The van der Waals surface area contributed by atoms with E-state index < -0.39 is 39.2 Å². The molecule has 0 radical (unpaired) electrons. The van der Waals surface area contributed by atoms with Gasteiger partial charge < -0.3 is 24.6 Å². The van der Waals surface area contributed by atoms with E-state index in [0.717, 1.165) is 70.6 Å². The first-order valence-electron chi connectivity index (χ1n) is 17.6. The highest BCUT2D eigenvalue weighted by molar-refractivity contribution is 7.47. The van der Waals surface area contributed by atoms with Crippen LogP contribution >= 0.6 is 7.82 Å². The van der Waals surface area contributed by atoms with Crippen molar-refractivity contribution in [2.75, 3.05) is 33.0 Å². The molecule has 0 fully saturated rings. The van der Waals surface area contributed by atoms with Gasteiger partial charge in [0.15, 0.2) is 0 Å². The molecular formula is C36H65O9P. The van der Waals surface area contributed by atoms with Gasteiger partial charge in [-0.1, -0.05) is 120 Å². The fourth-order valence-corrected chi connectivity index (χ4v) is 5.13. The fourth-order valence-electron chi connectivity index (χ4n) is 4.34. The van der Waals surface area contributed by atoms with Gasteiger partial charge in [0.1, 0.15) is 12.2 Å². The summed E-state index contributed by atoms with van der Waals surface area (Å²) in [6, 6.07) is 0. The number of esters is 1. The predicted octanol–water partition coefficient (Wildman–Crippen LogP) is 8.69. The van der Waals surface area contributed by atoms with Crippen molar-refractivity contribution in [1.29, 1.82) is 0 Å². The number of phosphoric ester groups is 1. The monoisotopic (exact) mass is 672 g/mol. The molecule has 0 saturated heterocycles. The maximum absolute atomic E-state index is 12.5. The zero-order valence-electron chi connectivity index (χ0n) is 28.8.